The molecule has 5 rings (SSSR count). The molecule has 3 aromatic carbocycles. The van der Waals surface area contributed by atoms with Crippen molar-refractivity contribution in [2.75, 3.05) is 17.0 Å². The Morgan fingerprint density at radius 2 is 1.74 bits per heavy atom. The maximum Gasteiger partial charge on any atom is 0.262 e. The Morgan fingerprint density at radius 3 is 2.63 bits per heavy atom. The van der Waals surface area contributed by atoms with E-state index >= 15 is 0 Å². The molecule has 0 saturated carbocycles. The van der Waals surface area contributed by atoms with E-state index in [0.717, 1.165) is 5.69 Å². The van der Waals surface area contributed by atoms with E-state index in [4.69, 9.17) is 9.47 Å². The number of benzene rings is 3. The normalized spacial score (nSPS) is 17.4. The molecule has 2 aliphatic rings. The van der Waals surface area contributed by atoms with Crippen molar-refractivity contribution in [3.63, 3.8) is 0 Å². The van der Waals surface area contributed by atoms with Crippen molar-refractivity contribution in [1.29, 1.82) is 0 Å². The first-order valence-corrected chi connectivity index (χ1v) is 8.59. The van der Waals surface area contributed by atoms with E-state index < -0.39 is 6.17 Å². The molecule has 2 N–H and O–H groups in total. The number of aromatic hydroxyl groups is 1. The minimum Gasteiger partial charge on any atom is -0.508 e. The molecule has 0 bridgehead atoms. The van der Waals surface area contributed by atoms with Gasteiger partial charge in [0.15, 0.2) is 11.5 Å². The Labute approximate surface area is 155 Å². The molecule has 6 nitrogen and oxygen atoms in total. The molecule has 0 radical (unpaired) electrons. The molecule has 2 aliphatic heterocycles. The fourth-order valence-corrected chi connectivity index (χ4v) is 3.49. The van der Waals surface area contributed by atoms with Gasteiger partial charge in [0.1, 0.15) is 11.9 Å². The van der Waals surface area contributed by atoms with Crippen molar-refractivity contribution in [2.45, 2.75) is 6.17 Å². The summed E-state index contributed by atoms with van der Waals surface area (Å²) in [5, 5.41) is 13.8. The van der Waals surface area contributed by atoms with Gasteiger partial charge in [-0.2, -0.15) is 0 Å². The number of nitrogens with zero attached hydrogens (tertiary/aromatic N) is 1. The van der Waals surface area contributed by atoms with Crippen LogP contribution >= 0.6 is 0 Å². The molecule has 1 amide bonds. The minimum absolute atomic E-state index is 0.118. The second kappa shape index (κ2) is 5.95. The van der Waals surface area contributed by atoms with Crippen LogP contribution in [0.15, 0.2) is 66.7 Å². The molecule has 0 saturated heterocycles. The van der Waals surface area contributed by atoms with Gasteiger partial charge in [0.25, 0.3) is 5.91 Å². The van der Waals surface area contributed by atoms with E-state index in [-0.39, 0.29) is 18.4 Å². The van der Waals surface area contributed by atoms with E-state index in [0.29, 0.717) is 28.3 Å². The third-order valence-electron chi connectivity index (χ3n) is 4.79. The molecule has 134 valence electrons. The number of amides is 1. The average Bonchev–Trinajstić information content (AvgIpc) is 3.16. The van der Waals surface area contributed by atoms with Gasteiger partial charge in [0, 0.05) is 17.3 Å². The van der Waals surface area contributed by atoms with E-state index in [1.54, 1.807) is 41.3 Å². The number of para-hydroxylation sites is 2. The SMILES string of the molecule is O=C1c2ccccc2NC(c2ccccc2O)N1c1ccc2c(c1)OCO2. The summed E-state index contributed by atoms with van der Waals surface area (Å²) >= 11 is 0. The van der Waals surface area contributed by atoms with Crippen LogP contribution in [0, 0.1) is 0 Å². The van der Waals surface area contributed by atoms with Crippen molar-refractivity contribution in [3.8, 4) is 17.2 Å². The highest BCUT2D eigenvalue weighted by Crippen LogP contribution is 2.42. The van der Waals surface area contributed by atoms with E-state index in [9.17, 15) is 9.90 Å². The number of anilines is 2. The van der Waals surface area contributed by atoms with Gasteiger partial charge in [-0.25, -0.2) is 0 Å². The zero-order valence-corrected chi connectivity index (χ0v) is 14.3. The average molecular weight is 360 g/mol. The van der Waals surface area contributed by atoms with Gasteiger partial charge >= 0.3 is 0 Å². The van der Waals surface area contributed by atoms with Crippen LogP contribution in [-0.4, -0.2) is 17.8 Å². The van der Waals surface area contributed by atoms with Gasteiger partial charge in [0.05, 0.1) is 11.3 Å². The molecule has 3 aromatic rings. The predicted molar refractivity (Wildman–Crippen MR) is 100 cm³/mol. The Balaban J connectivity index is 1.67. The molecule has 0 aliphatic carbocycles. The maximum atomic E-state index is 13.3. The lowest BCUT2D eigenvalue weighted by molar-refractivity contribution is 0.0974. The quantitative estimate of drug-likeness (QED) is 0.725. The van der Waals surface area contributed by atoms with Crippen molar-refractivity contribution < 1.29 is 19.4 Å². The summed E-state index contributed by atoms with van der Waals surface area (Å²) in [6.07, 6.45) is -0.561. The zero-order chi connectivity index (χ0) is 18.4. The third-order valence-corrected chi connectivity index (χ3v) is 4.79. The predicted octanol–water partition coefficient (Wildman–Crippen LogP) is 3.89. The van der Waals surface area contributed by atoms with Crippen molar-refractivity contribution in [1.82, 2.24) is 0 Å². The molecule has 27 heavy (non-hydrogen) atoms. The van der Waals surface area contributed by atoms with Crippen LogP contribution in [0.1, 0.15) is 22.1 Å². The number of phenols is 1. The molecule has 0 fully saturated rings. The first kappa shape index (κ1) is 15.6. The summed E-state index contributed by atoms with van der Waals surface area (Å²) in [5.41, 5.74) is 2.56. The number of carbonyl (C=O) groups is 1. The van der Waals surface area contributed by atoms with Crippen LogP contribution in [0.3, 0.4) is 0 Å². The van der Waals surface area contributed by atoms with Crippen LogP contribution in [0.5, 0.6) is 17.2 Å². The molecule has 2 heterocycles. The summed E-state index contributed by atoms with van der Waals surface area (Å²) in [5.74, 6) is 1.20. The number of hydrogen-bond acceptors (Lipinski definition) is 5. The molecule has 1 unspecified atom stereocenters. The number of rotatable bonds is 2. The Bertz CT molecular complexity index is 1050. The molecular weight excluding hydrogens is 344 g/mol. The number of hydrogen-bond donors (Lipinski definition) is 2. The lowest BCUT2D eigenvalue weighted by Gasteiger charge is -2.38. The van der Waals surface area contributed by atoms with Crippen molar-refractivity contribution >= 4 is 17.3 Å². The monoisotopic (exact) mass is 360 g/mol. The standard InChI is InChI=1S/C21H16N2O4/c24-17-8-4-2-6-15(17)20-22-16-7-3-1-5-14(16)21(25)23(20)13-9-10-18-19(11-13)27-12-26-18/h1-11,20,22,24H,12H2. The van der Waals surface area contributed by atoms with Gasteiger partial charge in [-0.1, -0.05) is 30.3 Å². The largest absolute Gasteiger partial charge is 0.508 e. The Morgan fingerprint density at radius 1 is 0.963 bits per heavy atom. The number of carbonyl (C=O) groups excluding carboxylic acids is 1. The van der Waals surface area contributed by atoms with Gasteiger partial charge < -0.3 is 19.9 Å². The summed E-state index contributed by atoms with van der Waals surface area (Å²) in [6, 6.07) is 19.7. The highest BCUT2D eigenvalue weighted by molar-refractivity contribution is 6.12. The number of fused-ring (bicyclic) bond motifs is 2. The first-order chi connectivity index (χ1) is 13.2. The maximum absolute atomic E-state index is 13.3. The Kier molecular flexibility index (Phi) is 3.43. The van der Waals surface area contributed by atoms with E-state index in [1.807, 2.05) is 30.3 Å². The van der Waals surface area contributed by atoms with Crippen molar-refractivity contribution in [3.05, 3.63) is 77.9 Å². The van der Waals surface area contributed by atoms with Crippen molar-refractivity contribution in [2.24, 2.45) is 0 Å². The fourth-order valence-electron chi connectivity index (χ4n) is 3.49. The lowest BCUT2D eigenvalue weighted by Crippen LogP contribution is -2.43. The first-order valence-electron chi connectivity index (χ1n) is 8.59. The fraction of sp³-hybridized carbons (Fsp3) is 0.0952. The van der Waals surface area contributed by atoms with Crippen LogP contribution in [0.25, 0.3) is 0 Å². The topological polar surface area (TPSA) is 71.0 Å². The second-order valence-electron chi connectivity index (χ2n) is 6.36. The van der Waals surface area contributed by atoms with Gasteiger partial charge in [-0.15, -0.1) is 0 Å². The minimum atomic E-state index is -0.561. The molecule has 0 spiro atoms. The molecule has 1 atom stereocenters. The highest BCUT2D eigenvalue weighted by atomic mass is 16.7. The highest BCUT2D eigenvalue weighted by Gasteiger charge is 2.35. The van der Waals surface area contributed by atoms with Crippen LogP contribution in [-0.2, 0) is 0 Å². The van der Waals surface area contributed by atoms with Crippen LogP contribution in [0.4, 0.5) is 11.4 Å². The second-order valence-corrected chi connectivity index (χ2v) is 6.36. The van der Waals surface area contributed by atoms with E-state index in [1.165, 1.54) is 0 Å². The summed E-state index contributed by atoms with van der Waals surface area (Å²) < 4.78 is 10.8. The summed E-state index contributed by atoms with van der Waals surface area (Å²) in [4.78, 5) is 15.0. The summed E-state index contributed by atoms with van der Waals surface area (Å²) in [7, 11) is 0. The number of nitrogens with one attached hydrogen (secondary N) is 1. The Hall–Kier alpha value is -3.67. The lowest BCUT2D eigenvalue weighted by atomic mass is 10.0. The van der Waals surface area contributed by atoms with E-state index in [2.05, 4.69) is 5.32 Å². The number of phenolic OH excluding ortho intramolecular Hbond substituents is 1. The molecular formula is C21H16N2O4. The summed E-state index contributed by atoms with van der Waals surface area (Å²) in [6.45, 7) is 0.163. The number of ether oxygens (including phenoxy) is 2. The smallest absolute Gasteiger partial charge is 0.262 e. The third kappa shape index (κ3) is 2.45. The van der Waals surface area contributed by atoms with Crippen LogP contribution < -0.4 is 19.7 Å². The molecule has 6 heteroatoms. The van der Waals surface area contributed by atoms with Gasteiger partial charge in [-0.05, 0) is 30.3 Å². The van der Waals surface area contributed by atoms with Crippen LogP contribution in [0.2, 0.25) is 0 Å². The zero-order valence-electron chi connectivity index (χ0n) is 14.3. The molecule has 0 aromatic heterocycles. The van der Waals surface area contributed by atoms with Gasteiger partial charge in [-0.3, -0.25) is 9.69 Å². The van der Waals surface area contributed by atoms with Gasteiger partial charge in [0.2, 0.25) is 6.79 Å².